The summed E-state index contributed by atoms with van der Waals surface area (Å²) in [7, 11) is 0. The number of anilines is 1. The van der Waals surface area contributed by atoms with Gasteiger partial charge < -0.3 is 10.1 Å². The van der Waals surface area contributed by atoms with E-state index in [1.165, 1.54) is 0 Å². The number of hydrogen-bond acceptors (Lipinski definition) is 5. The van der Waals surface area contributed by atoms with E-state index >= 15 is 0 Å². The van der Waals surface area contributed by atoms with E-state index in [4.69, 9.17) is 16.3 Å². The van der Waals surface area contributed by atoms with Gasteiger partial charge in [-0.2, -0.15) is 0 Å². The van der Waals surface area contributed by atoms with Gasteiger partial charge in [-0.05, 0) is 58.2 Å². The molecule has 7 nitrogen and oxygen atoms in total. The molecule has 0 fully saturated rings. The fourth-order valence-corrected chi connectivity index (χ4v) is 4.43. The molecule has 3 amide bonds. The third-order valence-corrected chi connectivity index (χ3v) is 6.77. The largest absolute Gasteiger partial charge is 0.454 e. The molecule has 1 aliphatic heterocycles. The van der Waals surface area contributed by atoms with Gasteiger partial charge in [-0.25, -0.2) is 4.79 Å². The molecule has 1 aliphatic rings. The van der Waals surface area contributed by atoms with Gasteiger partial charge in [0.05, 0.1) is 16.1 Å². The van der Waals surface area contributed by atoms with Crippen LogP contribution in [-0.2, 0) is 20.7 Å². The highest BCUT2D eigenvalue weighted by Gasteiger charge is 2.43. The second-order valence-corrected chi connectivity index (χ2v) is 9.23. The summed E-state index contributed by atoms with van der Waals surface area (Å²) in [6, 6.07) is 17.5. The second kappa shape index (κ2) is 10.4. The molecular weight excluding hydrogens is 536 g/mol. The summed E-state index contributed by atoms with van der Waals surface area (Å²) in [5, 5.41) is 3.07. The number of esters is 1. The highest BCUT2D eigenvalue weighted by Crippen LogP contribution is 2.29. The standard InChI is InChI=1S/C26H20BrClN2O5/c1-15-11-19(27)20(28)13-21(15)29-23(31)14-35-26(34)22(12-16-7-3-2-4-8-16)30-24(32)17-9-5-6-10-18(17)25(30)33/h2-11,13,22H,12,14H2,1H3,(H,29,31)/t22-/m1/s1. The van der Waals surface area contributed by atoms with Crippen LogP contribution < -0.4 is 5.32 Å². The number of imide groups is 1. The summed E-state index contributed by atoms with van der Waals surface area (Å²) in [6.45, 7) is 1.20. The van der Waals surface area contributed by atoms with E-state index in [0.717, 1.165) is 16.0 Å². The Labute approximate surface area is 215 Å². The second-order valence-electron chi connectivity index (χ2n) is 7.97. The Morgan fingerprint density at radius 1 is 1.00 bits per heavy atom. The lowest BCUT2D eigenvalue weighted by molar-refractivity contribution is -0.151. The van der Waals surface area contributed by atoms with Gasteiger partial charge in [0.1, 0.15) is 6.04 Å². The van der Waals surface area contributed by atoms with E-state index in [2.05, 4.69) is 21.2 Å². The van der Waals surface area contributed by atoms with Crippen LogP contribution in [0.15, 0.2) is 71.2 Å². The van der Waals surface area contributed by atoms with Gasteiger partial charge in [-0.15, -0.1) is 0 Å². The minimum Gasteiger partial charge on any atom is -0.454 e. The lowest BCUT2D eigenvalue weighted by Gasteiger charge is -2.24. The van der Waals surface area contributed by atoms with Crippen LogP contribution in [-0.4, -0.2) is 41.2 Å². The molecule has 1 atom stereocenters. The van der Waals surface area contributed by atoms with Crippen molar-refractivity contribution in [1.29, 1.82) is 0 Å². The molecule has 0 spiro atoms. The first kappa shape index (κ1) is 24.6. The maximum absolute atomic E-state index is 13.1. The SMILES string of the molecule is Cc1cc(Br)c(Cl)cc1NC(=O)COC(=O)[C@@H](Cc1ccccc1)N1C(=O)c2ccccc2C1=O. The number of carbonyl (C=O) groups is 4. The first-order valence-electron chi connectivity index (χ1n) is 10.7. The maximum Gasteiger partial charge on any atom is 0.330 e. The monoisotopic (exact) mass is 554 g/mol. The highest BCUT2D eigenvalue weighted by molar-refractivity contribution is 9.10. The van der Waals surface area contributed by atoms with Crippen molar-refractivity contribution < 1.29 is 23.9 Å². The van der Waals surface area contributed by atoms with Crippen molar-refractivity contribution in [2.24, 2.45) is 0 Å². The molecule has 1 N–H and O–H groups in total. The number of hydrogen-bond donors (Lipinski definition) is 1. The summed E-state index contributed by atoms with van der Waals surface area (Å²) in [5.74, 6) is -2.59. The Morgan fingerprint density at radius 2 is 1.60 bits per heavy atom. The van der Waals surface area contributed by atoms with Gasteiger partial charge in [0, 0.05) is 16.6 Å². The number of aryl methyl sites for hydroxylation is 1. The van der Waals surface area contributed by atoms with Crippen molar-refractivity contribution in [3.63, 3.8) is 0 Å². The summed E-state index contributed by atoms with van der Waals surface area (Å²) >= 11 is 9.42. The van der Waals surface area contributed by atoms with Crippen LogP contribution in [0.3, 0.4) is 0 Å². The van der Waals surface area contributed by atoms with Crippen LogP contribution in [0.25, 0.3) is 0 Å². The van der Waals surface area contributed by atoms with Crippen LogP contribution in [0.2, 0.25) is 5.02 Å². The number of fused-ring (bicyclic) bond motifs is 1. The van der Waals surface area contributed by atoms with Crippen molar-refractivity contribution in [3.05, 3.63) is 98.5 Å². The third kappa shape index (κ3) is 5.28. The number of nitrogens with zero attached hydrogens (tertiary/aromatic N) is 1. The van der Waals surface area contributed by atoms with Gasteiger partial charge >= 0.3 is 5.97 Å². The van der Waals surface area contributed by atoms with Crippen LogP contribution in [0, 0.1) is 6.92 Å². The topological polar surface area (TPSA) is 92.8 Å². The van der Waals surface area contributed by atoms with Gasteiger partial charge in [0.25, 0.3) is 17.7 Å². The number of rotatable bonds is 7. The van der Waals surface area contributed by atoms with Crippen molar-refractivity contribution in [2.75, 3.05) is 11.9 Å². The number of amides is 3. The lowest BCUT2D eigenvalue weighted by Crippen LogP contribution is -2.47. The van der Waals surface area contributed by atoms with Gasteiger partial charge in [-0.1, -0.05) is 54.1 Å². The molecule has 0 saturated heterocycles. The van der Waals surface area contributed by atoms with Crippen molar-refractivity contribution in [1.82, 2.24) is 4.90 Å². The predicted octanol–water partition coefficient (Wildman–Crippen LogP) is 4.80. The van der Waals surface area contributed by atoms with Crippen LogP contribution in [0.4, 0.5) is 5.69 Å². The minimum atomic E-state index is -1.23. The van der Waals surface area contributed by atoms with Crippen LogP contribution in [0.1, 0.15) is 31.8 Å². The molecule has 3 aromatic carbocycles. The molecule has 0 unspecified atom stereocenters. The summed E-state index contributed by atoms with van der Waals surface area (Å²) in [4.78, 5) is 52.6. The lowest BCUT2D eigenvalue weighted by atomic mass is 10.0. The third-order valence-electron chi connectivity index (χ3n) is 5.57. The first-order chi connectivity index (χ1) is 16.8. The Bertz CT molecular complexity index is 1290. The molecule has 35 heavy (non-hydrogen) atoms. The van der Waals surface area contributed by atoms with Gasteiger partial charge in [0.15, 0.2) is 6.61 Å². The Hall–Kier alpha value is -3.49. The highest BCUT2D eigenvalue weighted by atomic mass is 79.9. The maximum atomic E-state index is 13.1. The van der Waals surface area contributed by atoms with E-state index in [-0.39, 0.29) is 17.5 Å². The number of ether oxygens (including phenoxy) is 1. The average molecular weight is 556 g/mol. The molecule has 178 valence electrons. The van der Waals surface area contributed by atoms with Crippen molar-refractivity contribution in [2.45, 2.75) is 19.4 Å². The Balaban J connectivity index is 1.51. The van der Waals surface area contributed by atoms with E-state index < -0.39 is 36.3 Å². The molecule has 0 aromatic heterocycles. The Kier molecular flexibility index (Phi) is 7.33. The van der Waals surface area contributed by atoms with Crippen LogP contribution >= 0.6 is 27.5 Å². The van der Waals surface area contributed by atoms with Gasteiger partial charge in [0.2, 0.25) is 0 Å². The molecule has 0 radical (unpaired) electrons. The molecule has 0 bridgehead atoms. The number of nitrogens with one attached hydrogen (secondary N) is 1. The van der Waals surface area contributed by atoms with Crippen molar-refractivity contribution in [3.8, 4) is 0 Å². The predicted molar refractivity (Wildman–Crippen MR) is 134 cm³/mol. The molecule has 9 heteroatoms. The normalized spacial score (nSPS) is 13.4. The summed E-state index contributed by atoms with van der Waals surface area (Å²) < 4.78 is 5.96. The number of carbonyl (C=O) groups excluding carboxylic acids is 4. The number of benzene rings is 3. The fourth-order valence-electron chi connectivity index (χ4n) is 3.81. The minimum absolute atomic E-state index is 0.0498. The number of halogens is 2. The van der Waals surface area contributed by atoms with E-state index in [1.807, 2.05) is 6.07 Å². The summed E-state index contributed by atoms with van der Waals surface area (Å²) in [6.07, 6.45) is 0.0498. The smallest absolute Gasteiger partial charge is 0.330 e. The van der Waals surface area contributed by atoms with E-state index in [1.54, 1.807) is 67.6 Å². The quantitative estimate of drug-likeness (QED) is 0.334. The molecule has 4 rings (SSSR count). The van der Waals surface area contributed by atoms with E-state index in [9.17, 15) is 19.2 Å². The zero-order chi connectivity index (χ0) is 25.1. The molecule has 0 aliphatic carbocycles. The molecule has 1 heterocycles. The molecule has 3 aromatic rings. The van der Waals surface area contributed by atoms with Crippen molar-refractivity contribution >= 4 is 56.9 Å². The molecular formula is C26H20BrClN2O5. The Morgan fingerprint density at radius 3 is 2.23 bits per heavy atom. The van der Waals surface area contributed by atoms with Gasteiger partial charge in [-0.3, -0.25) is 19.3 Å². The average Bonchev–Trinajstić information content (AvgIpc) is 3.10. The van der Waals surface area contributed by atoms with Crippen LogP contribution in [0.5, 0.6) is 0 Å². The summed E-state index contributed by atoms with van der Waals surface area (Å²) in [5.41, 5.74) is 2.41. The molecule has 0 saturated carbocycles. The van der Waals surface area contributed by atoms with E-state index in [0.29, 0.717) is 15.2 Å². The fraction of sp³-hybridized carbons (Fsp3) is 0.154. The zero-order valence-electron chi connectivity index (χ0n) is 18.6. The zero-order valence-corrected chi connectivity index (χ0v) is 20.9. The first-order valence-corrected chi connectivity index (χ1v) is 11.9.